The first kappa shape index (κ1) is 18.5. The third kappa shape index (κ3) is 6.31. The smallest absolute Gasteiger partial charge is 0.270 e. The van der Waals surface area contributed by atoms with Gasteiger partial charge in [-0.2, -0.15) is 0 Å². The van der Waals surface area contributed by atoms with Crippen molar-refractivity contribution in [1.29, 1.82) is 0 Å². The summed E-state index contributed by atoms with van der Waals surface area (Å²) in [5, 5.41) is 5.94. The van der Waals surface area contributed by atoms with Crippen LogP contribution in [0.4, 0.5) is 5.69 Å². The third-order valence-corrected chi connectivity index (χ3v) is 3.34. The van der Waals surface area contributed by atoms with Gasteiger partial charge in [0.15, 0.2) is 0 Å². The van der Waals surface area contributed by atoms with E-state index in [-0.39, 0.29) is 5.91 Å². The van der Waals surface area contributed by atoms with E-state index >= 15 is 0 Å². The van der Waals surface area contributed by atoms with E-state index in [0.29, 0.717) is 32.0 Å². The maximum Gasteiger partial charge on any atom is 0.270 e. The van der Waals surface area contributed by atoms with Gasteiger partial charge in [0.05, 0.1) is 13.7 Å². The number of nitrogens with one attached hydrogen (secondary N) is 2. The van der Waals surface area contributed by atoms with Crippen molar-refractivity contribution in [2.24, 2.45) is 0 Å². The lowest BCUT2D eigenvalue weighted by Gasteiger charge is -2.10. The Hall–Kier alpha value is -2.80. The van der Waals surface area contributed by atoms with Gasteiger partial charge in [-0.1, -0.05) is 0 Å². The lowest BCUT2D eigenvalue weighted by Crippen LogP contribution is -2.27. The maximum atomic E-state index is 11.9. The predicted octanol–water partition coefficient (Wildman–Crippen LogP) is 1.96. The molecule has 0 fully saturated rings. The minimum atomic E-state index is -0.227. The zero-order chi connectivity index (χ0) is 17.9. The van der Waals surface area contributed by atoms with Crippen LogP contribution in [0.15, 0.2) is 42.6 Å². The van der Waals surface area contributed by atoms with Gasteiger partial charge in [0.1, 0.15) is 23.8 Å². The first-order valence-corrected chi connectivity index (χ1v) is 7.97. The second kappa shape index (κ2) is 10.1. The van der Waals surface area contributed by atoms with Crippen molar-refractivity contribution in [2.75, 3.05) is 45.8 Å². The summed E-state index contributed by atoms with van der Waals surface area (Å²) in [5.74, 6) is 1.34. The van der Waals surface area contributed by atoms with Gasteiger partial charge in [-0.3, -0.25) is 9.78 Å². The number of nitrogens with zero attached hydrogens (tertiary/aromatic N) is 1. The van der Waals surface area contributed by atoms with Crippen LogP contribution in [-0.2, 0) is 4.74 Å². The number of ether oxygens (including phenoxy) is 3. The Kier molecular flexibility index (Phi) is 7.52. The van der Waals surface area contributed by atoms with Gasteiger partial charge >= 0.3 is 0 Å². The number of amides is 1. The number of anilines is 1. The van der Waals surface area contributed by atoms with Crippen molar-refractivity contribution < 1.29 is 19.0 Å². The molecule has 7 nitrogen and oxygen atoms in total. The zero-order valence-electron chi connectivity index (χ0n) is 14.5. The van der Waals surface area contributed by atoms with Crippen LogP contribution in [0.1, 0.15) is 10.5 Å². The molecule has 0 radical (unpaired) electrons. The zero-order valence-corrected chi connectivity index (χ0v) is 14.5. The maximum absolute atomic E-state index is 11.9. The molecule has 134 valence electrons. The largest absolute Gasteiger partial charge is 0.497 e. The lowest BCUT2D eigenvalue weighted by molar-refractivity contribution is 0.0932. The highest BCUT2D eigenvalue weighted by molar-refractivity contribution is 5.93. The second-order valence-corrected chi connectivity index (χ2v) is 5.13. The number of hydrogen-bond donors (Lipinski definition) is 2. The Balaban J connectivity index is 1.76. The van der Waals surface area contributed by atoms with Crippen molar-refractivity contribution >= 4 is 11.6 Å². The molecule has 1 aromatic carbocycles. The van der Waals surface area contributed by atoms with Gasteiger partial charge in [-0.05, 0) is 36.4 Å². The number of carbonyl (C=O) groups excluding carboxylic acids is 1. The van der Waals surface area contributed by atoms with E-state index in [1.807, 2.05) is 24.3 Å². The van der Waals surface area contributed by atoms with Crippen molar-refractivity contribution in [1.82, 2.24) is 10.3 Å². The van der Waals surface area contributed by atoms with E-state index < -0.39 is 0 Å². The summed E-state index contributed by atoms with van der Waals surface area (Å²) in [4.78, 5) is 16.0. The molecule has 0 saturated heterocycles. The fourth-order valence-corrected chi connectivity index (χ4v) is 2.06. The van der Waals surface area contributed by atoms with E-state index in [2.05, 4.69) is 15.6 Å². The average Bonchev–Trinajstić information content (AvgIpc) is 2.66. The Morgan fingerprint density at radius 3 is 2.52 bits per heavy atom. The number of rotatable bonds is 10. The highest BCUT2D eigenvalue weighted by Gasteiger charge is 2.07. The SMILES string of the molecule is COCCNC(=O)c1cc(NCCOc2ccc(OC)cc2)ccn1. The molecular formula is C18H23N3O4. The van der Waals surface area contributed by atoms with Crippen LogP contribution in [0.25, 0.3) is 0 Å². The molecule has 0 aliphatic rings. The molecule has 0 saturated carbocycles. The van der Waals surface area contributed by atoms with Crippen molar-refractivity contribution in [3.63, 3.8) is 0 Å². The summed E-state index contributed by atoms with van der Waals surface area (Å²) in [7, 11) is 3.21. The van der Waals surface area contributed by atoms with E-state index in [0.717, 1.165) is 17.2 Å². The van der Waals surface area contributed by atoms with E-state index in [1.54, 1.807) is 32.5 Å². The van der Waals surface area contributed by atoms with E-state index in [4.69, 9.17) is 14.2 Å². The number of benzene rings is 1. The van der Waals surface area contributed by atoms with Crippen LogP contribution in [-0.4, -0.2) is 51.4 Å². The highest BCUT2D eigenvalue weighted by Crippen LogP contribution is 2.16. The fourth-order valence-electron chi connectivity index (χ4n) is 2.06. The van der Waals surface area contributed by atoms with Gasteiger partial charge < -0.3 is 24.8 Å². The first-order valence-electron chi connectivity index (χ1n) is 7.97. The Labute approximate surface area is 147 Å². The molecule has 1 aromatic heterocycles. The average molecular weight is 345 g/mol. The highest BCUT2D eigenvalue weighted by atomic mass is 16.5. The fraction of sp³-hybridized carbons (Fsp3) is 0.333. The minimum absolute atomic E-state index is 0.227. The molecule has 0 bridgehead atoms. The normalized spacial score (nSPS) is 10.2. The summed E-state index contributed by atoms with van der Waals surface area (Å²) < 4.78 is 15.6. The predicted molar refractivity (Wildman–Crippen MR) is 95.4 cm³/mol. The molecule has 0 atom stereocenters. The topological polar surface area (TPSA) is 81.7 Å². The number of carbonyl (C=O) groups is 1. The number of aromatic nitrogens is 1. The molecule has 1 amide bonds. The molecule has 2 aromatic rings. The van der Waals surface area contributed by atoms with Crippen LogP contribution >= 0.6 is 0 Å². The number of hydrogen-bond acceptors (Lipinski definition) is 6. The van der Waals surface area contributed by atoms with Crippen molar-refractivity contribution in [3.8, 4) is 11.5 Å². The van der Waals surface area contributed by atoms with Crippen LogP contribution in [0.5, 0.6) is 11.5 Å². The molecule has 0 unspecified atom stereocenters. The quantitative estimate of drug-likeness (QED) is 0.641. The van der Waals surface area contributed by atoms with Crippen molar-refractivity contribution in [3.05, 3.63) is 48.3 Å². The van der Waals surface area contributed by atoms with Gasteiger partial charge in [-0.25, -0.2) is 0 Å². The van der Waals surface area contributed by atoms with Crippen LogP contribution in [0.3, 0.4) is 0 Å². The van der Waals surface area contributed by atoms with Crippen LogP contribution in [0.2, 0.25) is 0 Å². The van der Waals surface area contributed by atoms with Crippen molar-refractivity contribution in [2.45, 2.75) is 0 Å². The number of methoxy groups -OCH3 is 2. The molecule has 25 heavy (non-hydrogen) atoms. The van der Waals surface area contributed by atoms with E-state index in [9.17, 15) is 4.79 Å². The summed E-state index contributed by atoms with van der Waals surface area (Å²) in [6, 6.07) is 10.9. The molecular weight excluding hydrogens is 322 g/mol. The summed E-state index contributed by atoms with van der Waals surface area (Å²) in [5.41, 5.74) is 1.17. The van der Waals surface area contributed by atoms with Gasteiger partial charge in [0.25, 0.3) is 5.91 Å². The monoisotopic (exact) mass is 345 g/mol. The van der Waals surface area contributed by atoms with Gasteiger partial charge in [-0.15, -0.1) is 0 Å². The van der Waals surface area contributed by atoms with Crippen LogP contribution in [0, 0.1) is 0 Å². The third-order valence-electron chi connectivity index (χ3n) is 3.34. The summed E-state index contributed by atoms with van der Waals surface area (Å²) in [6.45, 7) is 2.00. The lowest BCUT2D eigenvalue weighted by atomic mass is 10.3. The Morgan fingerprint density at radius 1 is 1.04 bits per heavy atom. The van der Waals surface area contributed by atoms with E-state index in [1.165, 1.54) is 0 Å². The molecule has 0 aliphatic carbocycles. The molecule has 1 heterocycles. The van der Waals surface area contributed by atoms with Gasteiger partial charge in [0.2, 0.25) is 0 Å². The second-order valence-electron chi connectivity index (χ2n) is 5.13. The summed E-state index contributed by atoms with van der Waals surface area (Å²) in [6.07, 6.45) is 1.60. The minimum Gasteiger partial charge on any atom is -0.497 e. The molecule has 2 rings (SSSR count). The molecule has 2 N–H and O–H groups in total. The molecule has 0 spiro atoms. The summed E-state index contributed by atoms with van der Waals surface area (Å²) >= 11 is 0. The molecule has 7 heteroatoms. The Bertz CT molecular complexity index is 662. The molecule has 0 aliphatic heterocycles. The van der Waals surface area contributed by atoms with Crippen LogP contribution < -0.4 is 20.1 Å². The number of pyridine rings is 1. The Morgan fingerprint density at radius 2 is 1.80 bits per heavy atom. The standard InChI is InChI=1S/C18H23N3O4/c1-23-11-9-21-18(22)17-13-14(7-8-20-17)19-10-12-25-16-5-3-15(24-2)4-6-16/h3-8,13H,9-12H2,1-2H3,(H,19,20)(H,21,22). The van der Waals surface area contributed by atoms with Gasteiger partial charge in [0, 0.05) is 32.1 Å². The first-order chi connectivity index (χ1) is 12.2.